The summed E-state index contributed by atoms with van der Waals surface area (Å²) in [7, 11) is 0. The number of carbonyl (C=O) groups is 3. The molecule has 0 aromatic heterocycles. The average Bonchev–Trinajstić information content (AvgIpc) is 3.26. The maximum Gasteiger partial charge on any atom is 0.325 e. The van der Waals surface area contributed by atoms with E-state index in [4.69, 9.17) is 0 Å². The average molecular weight is 317 g/mol. The van der Waals surface area contributed by atoms with Crippen LogP contribution in [0, 0.1) is 5.92 Å². The van der Waals surface area contributed by atoms with Crippen LogP contribution in [-0.4, -0.2) is 65.9 Å². The first-order valence-electron chi connectivity index (χ1n) is 7.15. The molecule has 21 heavy (non-hydrogen) atoms. The molecule has 1 atom stereocenters. The highest BCUT2D eigenvalue weighted by Gasteiger charge is 2.56. The Balaban J connectivity index is 0.00000161. The minimum absolute atomic E-state index is 0. The first-order valence-corrected chi connectivity index (χ1v) is 7.15. The molecule has 118 valence electrons. The van der Waals surface area contributed by atoms with Crippen molar-refractivity contribution >= 4 is 30.3 Å². The van der Waals surface area contributed by atoms with Gasteiger partial charge in [0, 0.05) is 26.2 Å². The van der Waals surface area contributed by atoms with E-state index in [-0.39, 0.29) is 36.7 Å². The summed E-state index contributed by atoms with van der Waals surface area (Å²) in [5.41, 5.74) is -0.805. The highest BCUT2D eigenvalue weighted by molar-refractivity contribution is 6.09. The summed E-state index contributed by atoms with van der Waals surface area (Å²) in [6, 6.07) is -0.437. The van der Waals surface area contributed by atoms with Crippen LogP contribution in [0.2, 0.25) is 0 Å². The summed E-state index contributed by atoms with van der Waals surface area (Å²) in [5, 5.41) is 5.92. The van der Waals surface area contributed by atoms with Crippen LogP contribution in [0.4, 0.5) is 4.79 Å². The van der Waals surface area contributed by atoms with Crippen LogP contribution < -0.4 is 10.6 Å². The van der Waals surface area contributed by atoms with E-state index in [1.165, 1.54) is 0 Å². The van der Waals surface area contributed by atoms with Crippen molar-refractivity contribution in [3.8, 4) is 0 Å². The topological polar surface area (TPSA) is 81.8 Å². The van der Waals surface area contributed by atoms with Crippen molar-refractivity contribution in [3.63, 3.8) is 0 Å². The second kappa shape index (κ2) is 5.81. The zero-order chi connectivity index (χ0) is 14.3. The Morgan fingerprint density at radius 2 is 1.90 bits per heavy atom. The van der Waals surface area contributed by atoms with Crippen LogP contribution >= 0.6 is 12.4 Å². The highest BCUT2D eigenvalue weighted by Crippen LogP contribution is 2.42. The molecule has 0 spiro atoms. The van der Waals surface area contributed by atoms with Gasteiger partial charge in [-0.05, 0) is 25.7 Å². The molecule has 0 aromatic carbocycles. The lowest BCUT2D eigenvalue weighted by Gasteiger charge is -2.28. The highest BCUT2D eigenvalue weighted by atomic mass is 35.5. The van der Waals surface area contributed by atoms with Crippen molar-refractivity contribution in [2.24, 2.45) is 5.92 Å². The van der Waals surface area contributed by atoms with Gasteiger partial charge in [-0.2, -0.15) is 0 Å². The molecule has 8 heteroatoms. The third kappa shape index (κ3) is 2.85. The van der Waals surface area contributed by atoms with E-state index in [9.17, 15) is 14.4 Å². The molecule has 3 rings (SSSR count). The van der Waals surface area contributed by atoms with Crippen molar-refractivity contribution in [2.45, 2.75) is 25.3 Å². The molecule has 1 unspecified atom stereocenters. The molecule has 3 aliphatic rings. The summed E-state index contributed by atoms with van der Waals surface area (Å²) in [4.78, 5) is 39.3. The summed E-state index contributed by atoms with van der Waals surface area (Å²) in [6.07, 6.45) is 1.92. The van der Waals surface area contributed by atoms with E-state index >= 15 is 0 Å². The normalized spacial score (nSPS) is 29.2. The Labute approximate surface area is 129 Å². The fourth-order valence-corrected chi connectivity index (χ4v) is 2.95. The fraction of sp³-hybridized carbons (Fsp3) is 0.769. The number of halogens is 1. The van der Waals surface area contributed by atoms with Crippen molar-refractivity contribution in [1.82, 2.24) is 20.4 Å². The van der Waals surface area contributed by atoms with Gasteiger partial charge in [-0.15, -0.1) is 12.4 Å². The molecule has 4 amide bonds. The molecule has 1 saturated carbocycles. The van der Waals surface area contributed by atoms with Crippen LogP contribution in [0.5, 0.6) is 0 Å². The molecular formula is C13H21ClN4O3. The van der Waals surface area contributed by atoms with Crippen molar-refractivity contribution < 1.29 is 14.4 Å². The zero-order valence-corrected chi connectivity index (χ0v) is 12.9. The molecule has 2 heterocycles. The molecule has 2 saturated heterocycles. The van der Waals surface area contributed by atoms with Gasteiger partial charge < -0.3 is 15.5 Å². The largest absolute Gasteiger partial charge is 0.339 e. The molecular weight excluding hydrogens is 296 g/mol. The Kier molecular flexibility index (Phi) is 4.43. The van der Waals surface area contributed by atoms with Crippen molar-refractivity contribution in [3.05, 3.63) is 0 Å². The third-order valence-electron chi connectivity index (χ3n) is 4.46. The van der Waals surface area contributed by atoms with Gasteiger partial charge in [-0.3, -0.25) is 14.5 Å². The molecule has 3 fully saturated rings. The van der Waals surface area contributed by atoms with E-state index in [2.05, 4.69) is 10.6 Å². The lowest BCUT2D eigenvalue weighted by atomic mass is 9.96. The molecule has 0 radical (unpaired) electrons. The van der Waals surface area contributed by atoms with Crippen LogP contribution in [0.3, 0.4) is 0 Å². The third-order valence-corrected chi connectivity index (χ3v) is 4.46. The summed E-state index contributed by atoms with van der Waals surface area (Å²) in [6.45, 7) is 4.38. The predicted molar refractivity (Wildman–Crippen MR) is 78.1 cm³/mol. The maximum absolute atomic E-state index is 12.4. The SMILES string of the molecule is CC1(C2CC2)NC(=O)N(CC(=O)N2CCNCC2)C1=O.Cl. The van der Waals surface area contributed by atoms with E-state index in [1.807, 2.05) is 0 Å². The van der Waals surface area contributed by atoms with E-state index in [1.54, 1.807) is 11.8 Å². The number of rotatable bonds is 3. The van der Waals surface area contributed by atoms with Gasteiger partial charge in [-0.1, -0.05) is 0 Å². The molecule has 2 N–H and O–H groups in total. The fourth-order valence-electron chi connectivity index (χ4n) is 2.95. The Morgan fingerprint density at radius 3 is 2.48 bits per heavy atom. The van der Waals surface area contributed by atoms with E-state index in [0.29, 0.717) is 13.1 Å². The minimum atomic E-state index is -0.805. The number of hydrogen-bond acceptors (Lipinski definition) is 4. The van der Waals surface area contributed by atoms with Gasteiger partial charge >= 0.3 is 6.03 Å². The predicted octanol–water partition coefficient (Wildman–Crippen LogP) is -0.439. The van der Waals surface area contributed by atoms with Gasteiger partial charge in [-0.25, -0.2) is 4.79 Å². The number of nitrogens with zero attached hydrogens (tertiary/aromatic N) is 2. The first kappa shape index (κ1) is 16.0. The Morgan fingerprint density at radius 1 is 1.29 bits per heavy atom. The molecule has 0 bridgehead atoms. The minimum Gasteiger partial charge on any atom is -0.339 e. The van der Waals surface area contributed by atoms with Crippen LogP contribution in [0.25, 0.3) is 0 Å². The summed E-state index contributed by atoms with van der Waals surface area (Å²) < 4.78 is 0. The van der Waals surface area contributed by atoms with Gasteiger partial charge in [0.05, 0.1) is 0 Å². The van der Waals surface area contributed by atoms with Crippen LogP contribution in [-0.2, 0) is 9.59 Å². The maximum atomic E-state index is 12.4. The first-order chi connectivity index (χ1) is 9.52. The molecule has 2 aliphatic heterocycles. The smallest absolute Gasteiger partial charge is 0.325 e. The number of carbonyl (C=O) groups excluding carboxylic acids is 3. The number of hydrogen-bond donors (Lipinski definition) is 2. The Hall–Kier alpha value is -1.34. The standard InChI is InChI=1S/C13H20N4O3.ClH/c1-13(9-2-3-9)11(19)17(12(20)15-13)8-10(18)16-6-4-14-5-7-16;/h9,14H,2-8H2,1H3,(H,15,20);1H. The number of urea groups is 1. The second-order valence-corrected chi connectivity index (χ2v) is 5.93. The number of nitrogens with one attached hydrogen (secondary N) is 2. The summed E-state index contributed by atoms with van der Waals surface area (Å²) >= 11 is 0. The summed E-state index contributed by atoms with van der Waals surface area (Å²) in [5.74, 6) is -0.193. The zero-order valence-electron chi connectivity index (χ0n) is 12.1. The lowest BCUT2D eigenvalue weighted by molar-refractivity contribution is -0.139. The van der Waals surface area contributed by atoms with Crippen molar-refractivity contribution in [1.29, 1.82) is 0 Å². The molecule has 1 aliphatic carbocycles. The van der Waals surface area contributed by atoms with E-state index in [0.717, 1.165) is 30.8 Å². The van der Waals surface area contributed by atoms with Crippen LogP contribution in [0.15, 0.2) is 0 Å². The molecule has 0 aromatic rings. The quantitative estimate of drug-likeness (QED) is 0.692. The monoisotopic (exact) mass is 316 g/mol. The number of imide groups is 1. The van der Waals surface area contributed by atoms with Gasteiger partial charge in [0.2, 0.25) is 5.91 Å². The number of amides is 4. The lowest BCUT2D eigenvalue weighted by Crippen LogP contribution is -2.51. The van der Waals surface area contributed by atoms with Gasteiger partial charge in [0.25, 0.3) is 5.91 Å². The van der Waals surface area contributed by atoms with Crippen LogP contribution in [0.1, 0.15) is 19.8 Å². The number of piperazine rings is 1. The van der Waals surface area contributed by atoms with E-state index < -0.39 is 11.6 Å². The van der Waals surface area contributed by atoms with Gasteiger partial charge in [0.1, 0.15) is 12.1 Å². The van der Waals surface area contributed by atoms with Crippen molar-refractivity contribution in [2.75, 3.05) is 32.7 Å². The Bertz CT molecular complexity index is 462. The molecule has 7 nitrogen and oxygen atoms in total. The second-order valence-electron chi connectivity index (χ2n) is 5.93. The van der Waals surface area contributed by atoms with Gasteiger partial charge in [0.15, 0.2) is 0 Å².